The molecule has 0 bridgehead atoms. The Hall–Kier alpha value is -3.02. The van der Waals surface area contributed by atoms with E-state index in [9.17, 15) is 5.11 Å². The van der Waals surface area contributed by atoms with Crippen LogP contribution in [0.2, 0.25) is 0 Å². The average Bonchev–Trinajstić information content (AvgIpc) is 3.00. The molecule has 32 heavy (non-hydrogen) atoms. The lowest BCUT2D eigenvalue weighted by molar-refractivity contribution is 0.00748. The zero-order valence-corrected chi connectivity index (χ0v) is 19.1. The minimum absolute atomic E-state index is 0.179. The van der Waals surface area contributed by atoms with Crippen molar-refractivity contribution in [3.05, 3.63) is 89.5 Å². The van der Waals surface area contributed by atoms with Gasteiger partial charge in [0.25, 0.3) is 0 Å². The number of anilines is 1. The second-order valence-electron chi connectivity index (χ2n) is 8.82. The molecular weight excluding hydrogens is 400 g/mol. The monoisotopic (exact) mass is 432 g/mol. The van der Waals surface area contributed by atoms with E-state index in [2.05, 4.69) is 54.2 Å². The Balaban J connectivity index is 1.46. The molecule has 1 heterocycles. The molecule has 0 saturated heterocycles. The summed E-state index contributed by atoms with van der Waals surface area (Å²) in [6, 6.07) is 24.2. The quantitative estimate of drug-likeness (QED) is 0.598. The van der Waals surface area contributed by atoms with Crippen molar-refractivity contribution in [2.24, 2.45) is 0 Å². The molecule has 5 nitrogen and oxygen atoms in total. The van der Waals surface area contributed by atoms with Gasteiger partial charge < -0.3 is 19.5 Å². The van der Waals surface area contributed by atoms with Crippen molar-refractivity contribution < 1.29 is 14.6 Å². The van der Waals surface area contributed by atoms with Gasteiger partial charge in [-0.2, -0.15) is 0 Å². The number of rotatable bonds is 7. The molecule has 0 aromatic heterocycles. The van der Waals surface area contributed by atoms with Crippen LogP contribution < -0.4 is 14.4 Å². The van der Waals surface area contributed by atoms with Crippen LogP contribution >= 0.6 is 0 Å². The van der Waals surface area contributed by atoms with Crippen LogP contribution in [0.5, 0.6) is 11.5 Å². The van der Waals surface area contributed by atoms with E-state index in [1.54, 1.807) is 6.92 Å². The lowest BCUT2D eigenvalue weighted by atomic mass is 9.94. The van der Waals surface area contributed by atoms with Crippen LogP contribution in [0, 0.1) is 0 Å². The molecule has 1 unspecified atom stereocenters. The van der Waals surface area contributed by atoms with Gasteiger partial charge in [0.2, 0.25) is 0 Å². The SMILES string of the molecule is CN(C)c1ccc(CN2CCOc3ccc(C(C)(O)COc4ccccc4)cc3C2)cc1. The third-order valence-corrected chi connectivity index (χ3v) is 5.86. The third-order valence-electron chi connectivity index (χ3n) is 5.86. The third kappa shape index (κ3) is 5.42. The van der Waals surface area contributed by atoms with Crippen molar-refractivity contribution >= 4 is 5.69 Å². The van der Waals surface area contributed by atoms with E-state index in [1.807, 2.05) is 42.5 Å². The maximum Gasteiger partial charge on any atom is 0.123 e. The molecule has 0 saturated carbocycles. The maximum atomic E-state index is 11.1. The number of benzene rings is 3. The Labute approximate surface area is 190 Å². The molecule has 3 aromatic rings. The Morgan fingerprint density at radius 2 is 1.78 bits per heavy atom. The summed E-state index contributed by atoms with van der Waals surface area (Å²) in [5, 5.41) is 11.1. The second-order valence-corrected chi connectivity index (χ2v) is 8.82. The molecule has 1 atom stereocenters. The van der Waals surface area contributed by atoms with Crippen molar-refractivity contribution in [1.29, 1.82) is 0 Å². The van der Waals surface area contributed by atoms with Gasteiger partial charge in [0, 0.05) is 45.0 Å². The molecule has 1 aliphatic heterocycles. The summed E-state index contributed by atoms with van der Waals surface area (Å²) in [6.07, 6.45) is 0. The number of ether oxygens (including phenoxy) is 2. The first-order chi connectivity index (χ1) is 15.4. The number of fused-ring (bicyclic) bond motifs is 1. The van der Waals surface area contributed by atoms with Crippen molar-refractivity contribution in [2.75, 3.05) is 38.8 Å². The van der Waals surface area contributed by atoms with Crippen LogP contribution in [0.1, 0.15) is 23.6 Å². The Morgan fingerprint density at radius 1 is 1.03 bits per heavy atom. The molecule has 1 N–H and O–H groups in total. The Bertz CT molecular complexity index is 1020. The first-order valence-electron chi connectivity index (χ1n) is 11.1. The van der Waals surface area contributed by atoms with E-state index in [-0.39, 0.29) is 6.61 Å². The van der Waals surface area contributed by atoms with Crippen molar-refractivity contribution in [3.63, 3.8) is 0 Å². The smallest absolute Gasteiger partial charge is 0.123 e. The molecule has 168 valence electrons. The van der Waals surface area contributed by atoms with Crippen LogP contribution in [-0.4, -0.2) is 43.9 Å². The van der Waals surface area contributed by atoms with Crippen LogP contribution in [0.15, 0.2) is 72.8 Å². The Morgan fingerprint density at radius 3 is 2.50 bits per heavy atom. The van der Waals surface area contributed by atoms with E-state index in [4.69, 9.17) is 9.47 Å². The van der Waals surface area contributed by atoms with Gasteiger partial charge in [0.15, 0.2) is 0 Å². The van der Waals surface area contributed by atoms with Crippen LogP contribution in [-0.2, 0) is 18.7 Å². The average molecular weight is 433 g/mol. The highest BCUT2D eigenvalue weighted by molar-refractivity contribution is 5.46. The highest BCUT2D eigenvalue weighted by Gasteiger charge is 2.26. The van der Waals surface area contributed by atoms with Crippen molar-refractivity contribution in [1.82, 2.24) is 4.90 Å². The van der Waals surface area contributed by atoms with Gasteiger partial charge in [-0.3, -0.25) is 4.90 Å². The van der Waals surface area contributed by atoms with Crippen molar-refractivity contribution in [2.45, 2.75) is 25.6 Å². The predicted molar refractivity (Wildman–Crippen MR) is 128 cm³/mol. The highest BCUT2D eigenvalue weighted by atomic mass is 16.5. The summed E-state index contributed by atoms with van der Waals surface area (Å²) in [7, 11) is 4.10. The lowest BCUT2D eigenvalue weighted by Crippen LogP contribution is -2.30. The van der Waals surface area contributed by atoms with Gasteiger partial charge in [0.05, 0.1) is 0 Å². The molecule has 4 rings (SSSR count). The fourth-order valence-corrected chi connectivity index (χ4v) is 3.90. The van der Waals surface area contributed by atoms with Gasteiger partial charge in [-0.05, 0) is 54.4 Å². The second kappa shape index (κ2) is 9.63. The number of nitrogens with zero attached hydrogens (tertiary/aromatic N) is 2. The molecule has 0 fully saturated rings. The molecule has 0 radical (unpaired) electrons. The van der Waals surface area contributed by atoms with Gasteiger partial charge in [-0.25, -0.2) is 0 Å². The zero-order valence-electron chi connectivity index (χ0n) is 19.1. The van der Waals surface area contributed by atoms with Gasteiger partial charge in [-0.1, -0.05) is 36.4 Å². The molecule has 1 aliphatic rings. The number of hydrogen-bond donors (Lipinski definition) is 1. The molecular formula is C27H32N2O3. The fourth-order valence-electron chi connectivity index (χ4n) is 3.90. The summed E-state index contributed by atoms with van der Waals surface area (Å²) in [4.78, 5) is 4.49. The predicted octanol–water partition coefficient (Wildman–Crippen LogP) is 4.43. The lowest BCUT2D eigenvalue weighted by Gasteiger charge is -2.25. The normalized spacial score (nSPS) is 15.8. The topological polar surface area (TPSA) is 45.2 Å². The van der Waals surface area contributed by atoms with E-state index in [0.717, 1.165) is 42.3 Å². The van der Waals surface area contributed by atoms with E-state index in [0.29, 0.717) is 6.61 Å². The first-order valence-corrected chi connectivity index (χ1v) is 11.1. The number of aliphatic hydroxyl groups is 1. The summed E-state index contributed by atoms with van der Waals surface area (Å²) in [5.41, 5.74) is 3.28. The molecule has 3 aromatic carbocycles. The summed E-state index contributed by atoms with van der Waals surface area (Å²) < 4.78 is 11.8. The first kappa shape index (κ1) is 22.2. The van der Waals surface area contributed by atoms with Gasteiger partial charge in [-0.15, -0.1) is 0 Å². The largest absolute Gasteiger partial charge is 0.492 e. The summed E-state index contributed by atoms with van der Waals surface area (Å²) in [6.45, 7) is 5.10. The molecule has 0 spiro atoms. The minimum Gasteiger partial charge on any atom is -0.492 e. The van der Waals surface area contributed by atoms with E-state index >= 15 is 0 Å². The standard InChI is InChI=1S/C27H32N2O3/c1-27(30,20-32-25-7-5-4-6-8-25)23-11-14-26-22(17-23)19-29(15-16-31-26)18-21-9-12-24(13-10-21)28(2)3/h4-14,17,30H,15-16,18-20H2,1-3H3. The minimum atomic E-state index is -1.11. The van der Waals surface area contributed by atoms with Crippen LogP contribution in [0.4, 0.5) is 5.69 Å². The number of para-hydroxylation sites is 1. The van der Waals surface area contributed by atoms with Crippen LogP contribution in [0.3, 0.4) is 0 Å². The summed E-state index contributed by atoms with van der Waals surface area (Å²) in [5.74, 6) is 1.64. The molecule has 5 heteroatoms. The van der Waals surface area contributed by atoms with Crippen molar-refractivity contribution in [3.8, 4) is 11.5 Å². The maximum absolute atomic E-state index is 11.1. The molecule has 0 aliphatic carbocycles. The van der Waals surface area contributed by atoms with Gasteiger partial charge >= 0.3 is 0 Å². The fraction of sp³-hybridized carbons (Fsp3) is 0.333. The van der Waals surface area contributed by atoms with Gasteiger partial charge in [0.1, 0.15) is 30.3 Å². The van der Waals surface area contributed by atoms with E-state index in [1.165, 1.54) is 11.3 Å². The number of hydrogen-bond acceptors (Lipinski definition) is 5. The van der Waals surface area contributed by atoms with E-state index < -0.39 is 5.60 Å². The zero-order chi connectivity index (χ0) is 22.6. The molecule has 0 amide bonds. The highest BCUT2D eigenvalue weighted by Crippen LogP contribution is 2.30. The van der Waals surface area contributed by atoms with Crippen LogP contribution in [0.25, 0.3) is 0 Å². The Kier molecular flexibility index (Phi) is 6.68. The summed E-state index contributed by atoms with van der Waals surface area (Å²) >= 11 is 0.